The summed E-state index contributed by atoms with van der Waals surface area (Å²) in [6, 6.07) is 9.15. The zero-order valence-corrected chi connectivity index (χ0v) is 11.3. The Bertz CT molecular complexity index is 709. The number of nitrogens with zero attached hydrogens (tertiary/aromatic N) is 2. The van der Waals surface area contributed by atoms with Crippen molar-refractivity contribution in [1.29, 1.82) is 5.26 Å². The molecule has 0 saturated carbocycles. The summed E-state index contributed by atoms with van der Waals surface area (Å²) in [6.45, 7) is 1.29. The van der Waals surface area contributed by atoms with Crippen molar-refractivity contribution in [2.75, 3.05) is 24.3 Å². The molecule has 2 heterocycles. The van der Waals surface area contributed by atoms with Crippen LogP contribution in [0.25, 0.3) is 0 Å². The Hall–Kier alpha value is -2.94. The molecule has 6 nitrogen and oxygen atoms in total. The third-order valence-electron chi connectivity index (χ3n) is 3.06. The largest absolute Gasteiger partial charge is 0.490 e. The quantitative estimate of drug-likeness (QED) is 0.878. The highest BCUT2D eigenvalue weighted by Gasteiger charge is 2.11. The number of hydrogen-bond acceptors (Lipinski definition) is 6. The summed E-state index contributed by atoms with van der Waals surface area (Å²) in [5.74, 6) is 1.94. The summed E-state index contributed by atoms with van der Waals surface area (Å²) in [5, 5.41) is 11.9. The van der Waals surface area contributed by atoms with Crippen molar-refractivity contribution in [2.24, 2.45) is 0 Å². The first kappa shape index (κ1) is 13.1. The van der Waals surface area contributed by atoms with E-state index in [9.17, 15) is 0 Å². The lowest BCUT2D eigenvalue weighted by molar-refractivity contribution is 0.297. The van der Waals surface area contributed by atoms with Crippen molar-refractivity contribution < 1.29 is 9.47 Å². The van der Waals surface area contributed by atoms with E-state index in [1.165, 1.54) is 6.20 Å². The van der Waals surface area contributed by atoms with Gasteiger partial charge in [0.15, 0.2) is 17.3 Å². The van der Waals surface area contributed by atoms with E-state index in [0.29, 0.717) is 36.0 Å². The third-order valence-corrected chi connectivity index (χ3v) is 3.06. The van der Waals surface area contributed by atoms with Gasteiger partial charge in [-0.1, -0.05) is 0 Å². The van der Waals surface area contributed by atoms with E-state index in [1.807, 2.05) is 24.3 Å². The fourth-order valence-electron chi connectivity index (χ4n) is 2.03. The Kier molecular flexibility index (Phi) is 3.48. The highest BCUT2D eigenvalue weighted by Crippen LogP contribution is 2.33. The number of nitrogens with two attached hydrogens (primary N) is 1. The van der Waals surface area contributed by atoms with Crippen molar-refractivity contribution in [3.8, 4) is 17.6 Å². The van der Waals surface area contributed by atoms with E-state index in [0.717, 1.165) is 17.9 Å². The molecule has 21 heavy (non-hydrogen) atoms. The minimum atomic E-state index is 0.418. The Balaban J connectivity index is 1.85. The molecule has 1 aliphatic heterocycles. The van der Waals surface area contributed by atoms with Gasteiger partial charge < -0.3 is 20.5 Å². The number of nitrogens with one attached hydrogen (secondary N) is 1. The van der Waals surface area contributed by atoms with Gasteiger partial charge in [0, 0.05) is 24.4 Å². The van der Waals surface area contributed by atoms with Crippen LogP contribution in [0.5, 0.6) is 11.5 Å². The maximum absolute atomic E-state index is 8.81. The Morgan fingerprint density at radius 2 is 2.00 bits per heavy atom. The van der Waals surface area contributed by atoms with Gasteiger partial charge in [-0.25, -0.2) is 4.98 Å². The predicted molar refractivity (Wildman–Crippen MR) is 78.7 cm³/mol. The molecule has 6 heteroatoms. The molecule has 0 radical (unpaired) electrons. The molecule has 2 aromatic rings. The first-order chi connectivity index (χ1) is 10.3. The number of hydrogen-bond donors (Lipinski definition) is 2. The molecule has 3 rings (SSSR count). The average Bonchev–Trinajstić information content (AvgIpc) is 2.74. The van der Waals surface area contributed by atoms with Gasteiger partial charge in [0.05, 0.1) is 24.5 Å². The first-order valence-electron chi connectivity index (χ1n) is 6.58. The minimum Gasteiger partial charge on any atom is -0.490 e. The lowest BCUT2D eigenvalue weighted by Gasteiger charge is -2.12. The van der Waals surface area contributed by atoms with Crippen LogP contribution in [0.4, 0.5) is 17.2 Å². The molecule has 0 fully saturated rings. The molecule has 0 bridgehead atoms. The lowest BCUT2D eigenvalue weighted by atomic mass is 10.2. The van der Waals surface area contributed by atoms with Crippen LogP contribution in [0.15, 0.2) is 30.5 Å². The Morgan fingerprint density at radius 3 is 2.76 bits per heavy atom. The van der Waals surface area contributed by atoms with E-state index < -0.39 is 0 Å². The topological polar surface area (TPSA) is 93.2 Å². The third kappa shape index (κ3) is 2.82. The van der Waals surface area contributed by atoms with Crippen molar-refractivity contribution in [2.45, 2.75) is 6.42 Å². The molecule has 3 N–H and O–H groups in total. The van der Waals surface area contributed by atoms with E-state index in [-0.39, 0.29) is 0 Å². The molecule has 0 aliphatic carbocycles. The van der Waals surface area contributed by atoms with Gasteiger partial charge in [-0.05, 0) is 18.2 Å². The molecule has 1 aliphatic rings. The molecule has 0 saturated heterocycles. The van der Waals surface area contributed by atoms with Gasteiger partial charge in [0.2, 0.25) is 0 Å². The highest BCUT2D eigenvalue weighted by atomic mass is 16.5. The molecule has 1 aromatic heterocycles. The molecule has 0 amide bonds. The Morgan fingerprint density at radius 1 is 1.19 bits per heavy atom. The second-order valence-corrected chi connectivity index (χ2v) is 4.61. The van der Waals surface area contributed by atoms with Crippen LogP contribution in [-0.2, 0) is 0 Å². The van der Waals surface area contributed by atoms with Crippen LogP contribution >= 0.6 is 0 Å². The number of fused-ring (bicyclic) bond motifs is 1. The fourth-order valence-corrected chi connectivity index (χ4v) is 2.03. The molecule has 106 valence electrons. The first-order valence-corrected chi connectivity index (χ1v) is 6.58. The number of nitrogen functional groups attached to an aromatic ring is 1. The molecule has 1 aromatic carbocycles. The van der Waals surface area contributed by atoms with Gasteiger partial charge in [-0.2, -0.15) is 5.26 Å². The van der Waals surface area contributed by atoms with Crippen molar-refractivity contribution >= 4 is 17.2 Å². The summed E-state index contributed by atoms with van der Waals surface area (Å²) < 4.78 is 11.2. The number of aromatic nitrogens is 1. The van der Waals surface area contributed by atoms with Crippen LogP contribution in [-0.4, -0.2) is 18.2 Å². The number of anilines is 3. The van der Waals surface area contributed by atoms with E-state index in [4.69, 9.17) is 20.5 Å². The Labute approximate surface area is 122 Å². The van der Waals surface area contributed by atoms with Crippen molar-refractivity contribution in [3.63, 3.8) is 0 Å². The van der Waals surface area contributed by atoms with Crippen LogP contribution in [0.1, 0.15) is 12.0 Å². The molecular weight excluding hydrogens is 268 g/mol. The van der Waals surface area contributed by atoms with E-state index in [2.05, 4.69) is 10.3 Å². The number of pyridine rings is 1. The number of rotatable bonds is 2. The maximum Gasteiger partial charge on any atom is 0.163 e. The molecule has 0 atom stereocenters. The lowest BCUT2D eigenvalue weighted by Crippen LogP contribution is -2.00. The number of benzene rings is 1. The minimum absolute atomic E-state index is 0.418. The zero-order valence-electron chi connectivity index (χ0n) is 11.3. The van der Waals surface area contributed by atoms with Gasteiger partial charge in [-0.15, -0.1) is 0 Å². The molecule has 0 spiro atoms. The normalized spacial score (nSPS) is 13.1. The maximum atomic E-state index is 8.81. The van der Waals surface area contributed by atoms with Crippen molar-refractivity contribution in [3.05, 3.63) is 36.0 Å². The van der Waals surface area contributed by atoms with Gasteiger partial charge in [0.25, 0.3) is 0 Å². The zero-order chi connectivity index (χ0) is 14.7. The second kappa shape index (κ2) is 5.59. The van der Waals surface area contributed by atoms with Crippen LogP contribution < -0.4 is 20.5 Å². The van der Waals surface area contributed by atoms with Crippen LogP contribution in [0, 0.1) is 11.3 Å². The number of ether oxygens (including phenoxy) is 2. The number of nitriles is 1. The van der Waals surface area contributed by atoms with Gasteiger partial charge in [-0.3, -0.25) is 0 Å². The summed E-state index contributed by atoms with van der Waals surface area (Å²) >= 11 is 0. The molecule has 0 unspecified atom stereocenters. The smallest absolute Gasteiger partial charge is 0.163 e. The van der Waals surface area contributed by atoms with Gasteiger partial charge in [0.1, 0.15) is 6.07 Å². The predicted octanol–water partition coefficient (Wildman–Crippen LogP) is 2.44. The van der Waals surface area contributed by atoms with Crippen LogP contribution in [0.3, 0.4) is 0 Å². The van der Waals surface area contributed by atoms with E-state index >= 15 is 0 Å². The molecular formula is C15H14N4O2. The monoisotopic (exact) mass is 282 g/mol. The SMILES string of the molecule is N#Cc1cnc(Nc2ccc3c(c2)OCCCO3)c(N)c1. The van der Waals surface area contributed by atoms with Crippen LogP contribution in [0.2, 0.25) is 0 Å². The summed E-state index contributed by atoms with van der Waals surface area (Å²) in [6.07, 6.45) is 2.34. The standard InChI is InChI=1S/C15H14N4O2/c16-8-10-6-12(17)15(18-9-10)19-11-2-3-13-14(7-11)21-5-1-4-20-13/h2-3,6-7,9H,1,4-5,17H2,(H,18,19). The van der Waals surface area contributed by atoms with E-state index in [1.54, 1.807) is 6.07 Å². The fraction of sp³-hybridized carbons (Fsp3) is 0.200. The second-order valence-electron chi connectivity index (χ2n) is 4.61. The summed E-state index contributed by atoms with van der Waals surface area (Å²) in [7, 11) is 0. The highest BCUT2D eigenvalue weighted by molar-refractivity contribution is 5.71. The van der Waals surface area contributed by atoms with Crippen molar-refractivity contribution in [1.82, 2.24) is 4.98 Å². The van der Waals surface area contributed by atoms with Gasteiger partial charge >= 0.3 is 0 Å². The summed E-state index contributed by atoms with van der Waals surface area (Å²) in [4.78, 5) is 4.14. The summed E-state index contributed by atoms with van der Waals surface area (Å²) in [5.41, 5.74) is 7.52. The average molecular weight is 282 g/mol.